The molecule has 0 aliphatic heterocycles. The third-order valence-electron chi connectivity index (χ3n) is 5.70. The molecule has 5 heteroatoms. The van der Waals surface area contributed by atoms with Crippen molar-refractivity contribution in [3.05, 3.63) is 82.0 Å². The fourth-order valence-corrected chi connectivity index (χ4v) is 3.68. The third kappa shape index (κ3) is 4.56. The van der Waals surface area contributed by atoms with Crippen molar-refractivity contribution in [1.29, 1.82) is 0 Å². The van der Waals surface area contributed by atoms with Crippen molar-refractivity contribution in [2.24, 2.45) is 0 Å². The number of rotatable bonds is 9. The van der Waals surface area contributed by atoms with Crippen molar-refractivity contribution in [3.8, 4) is 11.1 Å². The number of nitrogens with zero attached hydrogens (tertiary/aromatic N) is 2. The molecule has 0 fully saturated rings. The van der Waals surface area contributed by atoms with Crippen molar-refractivity contribution in [3.63, 3.8) is 0 Å². The van der Waals surface area contributed by atoms with Gasteiger partial charge in [-0.3, -0.25) is 9.13 Å². The molecule has 0 aliphatic carbocycles. The topological polar surface area (TPSA) is 64.2 Å². The monoisotopic (exact) mass is 406 g/mol. The molecule has 3 rings (SSSR count). The number of unbranched alkanes of at least 4 members (excludes halogenated alkanes) is 1. The first-order chi connectivity index (χ1) is 14.5. The van der Waals surface area contributed by atoms with Crippen molar-refractivity contribution >= 4 is 5.97 Å². The average molecular weight is 407 g/mol. The molecule has 30 heavy (non-hydrogen) atoms. The first-order valence-electron chi connectivity index (χ1n) is 10.7. The van der Waals surface area contributed by atoms with Crippen molar-refractivity contribution < 1.29 is 9.90 Å². The van der Waals surface area contributed by atoms with E-state index in [9.17, 15) is 14.7 Å². The SMILES string of the molecule is CCCCc1cn(C(C)CC)c(=O)n1Cc1ccc(-c2ccccc2C(=O)O)cc1. The van der Waals surface area contributed by atoms with Gasteiger partial charge in [-0.1, -0.05) is 62.7 Å². The van der Waals surface area contributed by atoms with Gasteiger partial charge in [0, 0.05) is 17.9 Å². The Kier molecular flexibility index (Phi) is 6.93. The van der Waals surface area contributed by atoms with Crippen LogP contribution in [0.15, 0.2) is 59.5 Å². The number of hydrogen-bond donors (Lipinski definition) is 1. The van der Waals surface area contributed by atoms with Crippen LogP contribution in [-0.4, -0.2) is 20.2 Å². The van der Waals surface area contributed by atoms with Gasteiger partial charge < -0.3 is 5.11 Å². The van der Waals surface area contributed by atoms with Gasteiger partial charge in [0.1, 0.15) is 0 Å². The highest BCUT2D eigenvalue weighted by atomic mass is 16.4. The lowest BCUT2D eigenvalue weighted by Gasteiger charge is -2.10. The minimum absolute atomic E-state index is 0.0377. The van der Waals surface area contributed by atoms with Crippen LogP contribution in [-0.2, 0) is 13.0 Å². The van der Waals surface area contributed by atoms with E-state index in [1.165, 1.54) is 0 Å². The molecule has 3 aromatic rings. The highest BCUT2D eigenvalue weighted by Crippen LogP contribution is 2.24. The maximum absolute atomic E-state index is 13.0. The number of imidazole rings is 1. The zero-order valence-corrected chi connectivity index (χ0v) is 18.0. The summed E-state index contributed by atoms with van der Waals surface area (Å²) in [6.45, 7) is 6.84. The maximum Gasteiger partial charge on any atom is 0.336 e. The minimum Gasteiger partial charge on any atom is -0.478 e. The number of carboxylic acid groups (broad SMARTS) is 1. The van der Waals surface area contributed by atoms with Gasteiger partial charge in [0.15, 0.2) is 0 Å². The molecule has 0 aliphatic rings. The third-order valence-corrected chi connectivity index (χ3v) is 5.70. The molecule has 2 aromatic carbocycles. The number of carboxylic acids is 1. The number of aryl methyl sites for hydroxylation is 1. The van der Waals surface area contributed by atoms with Crippen LogP contribution in [0.3, 0.4) is 0 Å². The number of aromatic carboxylic acids is 1. The predicted molar refractivity (Wildman–Crippen MR) is 120 cm³/mol. The maximum atomic E-state index is 13.0. The second-order valence-electron chi connectivity index (χ2n) is 7.80. The smallest absolute Gasteiger partial charge is 0.336 e. The molecule has 0 amide bonds. The molecule has 1 heterocycles. The summed E-state index contributed by atoms with van der Waals surface area (Å²) in [6, 6.07) is 15.0. The Morgan fingerprint density at radius 2 is 1.77 bits per heavy atom. The summed E-state index contributed by atoms with van der Waals surface area (Å²) >= 11 is 0. The lowest BCUT2D eigenvalue weighted by molar-refractivity contribution is 0.0697. The van der Waals surface area contributed by atoms with Crippen LogP contribution in [0, 0.1) is 0 Å². The quantitative estimate of drug-likeness (QED) is 0.519. The van der Waals surface area contributed by atoms with E-state index < -0.39 is 5.97 Å². The van der Waals surface area contributed by atoms with Crippen LogP contribution >= 0.6 is 0 Å². The van der Waals surface area contributed by atoms with E-state index in [2.05, 4.69) is 20.8 Å². The molecule has 1 atom stereocenters. The summed E-state index contributed by atoms with van der Waals surface area (Å²) in [5, 5.41) is 9.44. The van der Waals surface area contributed by atoms with E-state index in [0.29, 0.717) is 12.1 Å². The number of hydrogen-bond acceptors (Lipinski definition) is 2. The van der Waals surface area contributed by atoms with E-state index >= 15 is 0 Å². The van der Waals surface area contributed by atoms with E-state index in [0.717, 1.165) is 42.5 Å². The molecule has 1 N–H and O–H groups in total. The molecule has 5 nitrogen and oxygen atoms in total. The second-order valence-corrected chi connectivity index (χ2v) is 7.80. The van der Waals surface area contributed by atoms with Crippen LogP contribution < -0.4 is 5.69 Å². The summed E-state index contributed by atoms with van der Waals surface area (Å²) in [5.74, 6) is -0.937. The number of aromatic nitrogens is 2. The summed E-state index contributed by atoms with van der Waals surface area (Å²) < 4.78 is 3.73. The highest BCUT2D eigenvalue weighted by Gasteiger charge is 2.15. The fraction of sp³-hybridized carbons (Fsp3) is 0.360. The molecule has 158 valence electrons. The zero-order valence-electron chi connectivity index (χ0n) is 18.0. The summed E-state index contributed by atoms with van der Waals surface area (Å²) in [4.78, 5) is 24.5. The Balaban J connectivity index is 1.91. The van der Waals surface area contributed by atoms with Gasteiger partial charge in [0.25, 0.3) is 0 Å². The summed E-state index contributed by atoms with van der Waals surface area (Å²) in [7, 11) is 0. The van der Waals surface area contributed by atoms with E-state index in [4.69, 9.17) is 0 Å². The first kappa shape index (κ1) is 21.6. The van der Waals surface area contributed by atoms with Gasteiger partial charge in [0.05, 0.1) is 12.1 Å². The molecule has 0 spiro atoms. The Morgan fingerprint density at radius 1 is 1.07 bits per heavy atom. The number of benzene rings is 2. The Bertz CT molecular complexity index is 1060. The van der Waals surface area contributed by atoms with Crippen molar-refractivity contribution in [2.45, 2.75) is 59.0 Å². The van der Waals surface area contributed by atoms with Crippen LogP contribution in [0.25, 0.3) is 11.1 Å². The summed E-state index contributed by atoms with van der Waals surface area (Å²) in [6.07, 6.45) is 5.95. The molecule has 0 saturated carbocycles. The van der Waals surface area contributed by atoms with Crippen LogP contribution in [0.4, 0.5) is 0 Å². The fourth-order valence-electron chi connectivity index (χ4n) is 3.68. The van der Waals surface area contributed by atoms with Crippen molar-refractivity contribution in [1.82, 2.24) is 9.13 Å². The van der Waals surface area contributed by atoms with E-state index in [1.54, 1.807) is 12.1 Å². The van der Waals surface area contributed by atoms with Crippen molar-refractivity contribution in [2.75, 3.05) is 0 Å². The van der Waals surface area contributed by atoms with Crippen LogP contribution in [0.1, 0.15) is 67.7 Å². The molecular formula is C25H30N2O3. The Labute approximate surface area is 177 Å². The van der Waals surface area contributed by atoms with Gasteiger partial charge in [0.2, 0.25) is 0 Å². The highest BCUT2D eigenvalue weighted by molar-refractivity contribution is 5.95. The Hall–Kier alpha value is -3.08. The second kappa shape index (κ2) is 9.61. The molecule has 1 unspecified atom stereocenters. The largest absolute Gasteiger partial charge is 0.478 e. The molecule has 1 aromatic heterocycles. The standard InChI is InChI=1S/C25H30N2O3/c1-4-6-9-21-17-26(18(3)5-2)25(30)27(21)16-19-12-14-20(15-13-19)22-10-7-8-11-23(22)24(28)29/h7-8,10-15,17-18H,4-6,9,16H2,1-3H3,(H,28,29). The average Bonchev–Trinajstić information content (AvgIpc) is 3.07. The molecule has 0 bridgehead atoms. The van der Waals surface area contributed by atoms with Crippen LogP contribution in [0.5, 0.6) is 0 Å². The normalized spacial score (nSPS) is 12.1. The molecular weight excluding hydrogens is 376 g/mol. The van der Waals surface area contributed by atoms with Gasteiger partial charge >= 0.3 is 11.7 Å². The predicted octanol–water partition coefficient (Wildman–Crippen LogP) is 5.38. The van der Waals surface area contributed by atoms with Gasteiger partial charge in [-0.2, -0.15) is 0 Å². The number of carbonyl (C=O) groups is 1. The lowest BCUT2D eigenvalue weighted by atomic mass is 9.99. The summed E-state index contributed by atoms with van der Waals surface area (Å²) in [5.41, 5.74) is 3.97. The molecule has 0 saturated heterocycles. The molecule has 0 radical (unpaired) electrons. The van der Waals surface area contributed by atoms with E-state index in [-0.39, 0.29) is 17.3 Å². The lowest BCUT2D eigenvalue weighted by Crippen LogP contribution is -2.27. The van der Waals surface area contributed by atoms with Gasteiger partial charge in [-0.05, 0) is 48.9 Å². The minimum atomic E-state index is -0.937. The van der Waals surface area contributed by atoms with Gasteiger partial charge in [-0.15, -0.1) is 0 Å². The van der Waals surface area contributed by atoms with Crippen LogP contribution in [0.2, 0.25) is 0 Å². The zero-order chi connectivity index (χ0) is 21.7. The Morgan fingerprint density at radius 3 is 2.40 bits per heavy atom. The van der Waals surface area contributed by atoms with E-state index in [1.807, 2.05) is 51.7 Å². The first-order valence-corrected chi connectivity index (χ1v) is 10.7. The van der Waals surface area contributed by atoms with Gasteiger partial charge in [-0.25, -0.2) is 9.59 Å².